The first-order valence-electron chi connectivity index (χ1n) is 5.87. The van der Waals surface area contributed by atoms with Crippen LogP contribution in [0.25, 0.3) is 0 Å². The second kappa shape index (κ2) is 7.21. The first-order valence-corrected chi connectivity index (χ1v) is 5.87. The molecule has 3 heteroatoms. The van der Waals surface area contributed by atoms with E-state index in [1.54, 1.807) is 0 Å². The normalized spacial score (nSPS) is 24.0. The Labute approximate surface area is 87.4 Å². The predicted molar refractivity (Wildman–Crippen MR) is 59.3 cm³/mol. The van der Waals surface area contributed by atoms with E-state index in [9.17, 15) is 0 Å². The molecule has 1 aliphatic rings. The van der Waals surface area contributed by atoms with Crippen LogP contribution in [0, 0.1) is 0 Å². The molecule has 1 rings (SSSR count). The molecule has 14 heavy (non-hydrogen) atoms. The molecule has 0 aromatic rings. The monoisotopic (exact) mass is 200 g/mol. The molecule has 0 amide bonds. The molecule has 0 aromatic carbocycles. The minimum Gasteiger partial charge on any atom is -0.378 e. The van der Waals surface area contributed by atoms with Gasteiger partial charge in [0.05, 0.1) is 6.10 Å². The highest BCUT2D eigenvalue weighted by Crippen LogP contribution is 2.14. The van der Waals surface area contributed by atoms with Crippen molar-refractivity contribution in [3.05, 3.63) is 0 Å². The Morgan fingerprint density at radius 3 is 3.00 bits per heavy atom. The predicted octanol–water partition coefficient (Wildman–Crippen LogP) is 1.27. The van der Waals surface area contributed by atoms with Crippen LogP contribution in [-0.2, 0) is 4.74 Å². The van der Waals surface area contributed by atoms with E-state index in [4.69, 9.17) is 10.5 Å². The summed E-state index contributed by atoms with van der Waals surface area (Å²) in [4.78, 5) is 0. The molecule has 1 saturated heterocycles. The Balaban J connectivity index is 1.79. The van der Waals surface area contributed by atoms with Gasteiger partial charge >= 0.3 is 0 Å². The van der Waals surface area contributed by atoms with Gasteiger partial charge < -0.3 is 15.8 Å². The highest BCUT2D eigenvalue weighted by molar-refractivity contribution is 4.66. The van der Waals surface area contributed by atoms with Crippen molar-refractivity contribution in [2.24, 2.45) is 5.73 Å². The third-order valence-corrected chi connectivity index (χ3v) is 2.68. The van der Waals surface area contributed by atoms with Crippen molar-refractivity contribution < 1.29 is 4.74 Å². The van der Waals surface area contributed by atoms with E-state index >= 15 is 0 Å². The summed E-state index contributed by atoms with van der Waals surface area (Å²) in [6, 6.07) is 0.343. The van der Waals surface area contributed by atoms with Crippen LogP contribution in [-0.4, -0.2) is 31.8 Å². The van der Waals surface area contributed by atoms with Crippen LogP contribution in [0.3, 0.4) is 0 Å². The van der Waals surface area contributed by atoms with E-state index < -0.39 is 0 Å². The zero-order valence-electron chi connectivity index (χ0n) is 9.30. The van der Waals surface area contributed by atoms with Crippen LogP contribution < -0.4 is 11.1 Å². The molecule has 2 unspecified atom stereocenters. The van der Waals surface area contributed by atoms with Crippen molar-refractivity contribution >= 4 is 0 Å². The summed E-state index contributed by atoms with van der Waals surface area (Å²) in [7, 11) is 0. The fraction of sp³-hybridized carbons (Fsp3) is 1.00. The Morgan fingerprint density at radius 2 is 2.36 bits per heavy atom. The van der Waals surface area contributed by atoms with E-state index in [1.165, 1.54) is 19.3 Å². The number of nitrogens with two attached hydrogens (primary N) is 1. The standard InChI is InChI=1S/C11H24N2O/c1-10(12)4-2-7-13-8-6-11-5-3-9-14-11/h10-11,13H,2-9,12H2,1H3. The van der Waals surface area contributed by atoms with E-state index in [0.29, 0.717) is 12.1 Å². The average Bonchev–Trinajstić information content (AvgIpc) is 2.63. The first-order chi connectivity index (χ1) is 6.79. The largest absolute Gasteiger partial charge is 0.378 e. The van der Waals surface area contributed by atoms with Gasteiger partial charge in [-0.05, 0) is 52.1 Å². The summed E-state index contributed by atoms with van der Waals surface area (Å²) >= 11 is 0. The van der Waals surface area contributed by atoms with Gasteiger partial charge in [-0.1, -0.05) is 0 Å². The van der Waals surface area contributed by atoms with Gasteiger partial charge in [0.15, 0.2) is 0 Å². The Bertz CT molecular complexity index is 133. The van der Waals surface area contributed by atoms with Crippen LogP contribution in [0.4, 0.5) is 0 Å². The van der Waals surface area contributed by atoms with Gasteiger partial charge in [-0.25, -0.2) is 0 Å². The van der Waals surface area contributed by atoms with E-state index in [0.717, 1.165) is 32.5 Å². The van der Waals surface area contributed by atoms with Crippen molar-refractivity contribution in [2.75, 3.05) is 19.7 Å². The van der Waals surface area contributed by atoms with Gasteiger partial charge in [-0.3, -0.25) is 0 Å². The second-order valence-electron chi connectivity index (χ2n) is 4.29. The minimum absolute atomic E-state index is 0.343. The SMILES string of the molecule is CC(N)CCCNCCC1CCCO1. The summed E-state index contributed by atoms with van der Waals surface area (Å²) in [6.45, 7) is 5.21. The molecule has 0 aromatic heterocycles. The van der Waals surface area contributed by atoms with Crippen molar-refractivity contribution in [3.8, 4) is 0 Å². The molecule has 2 atom stereocenters. The first kappa shape index (κ1) is 12.0. The maximum absolute atomic E-state index is 5.66. The Hall–Kier alpha value is -0.120. The Kier molecular flexibility index (Phi) is 6.15. The summed E-state index contributed by atoms with van der Waals surface area (Å²) < 4.78 is 5.54. The molecular formula is C11H24N2O. The summed E-state index contributed by atoms with van der Waals surface area (Å²) in [5.41, 5.74) is 5.66. The third kappa shape index (κ3) is 5.58. The molecule has 0 saturated carbocycles. The third-order valence-electron chi connectivity index (χ3n) is 2.68. The van der Waals surface area contributed by atoms with Gasteiger partial charge in [0.2, 0.25) is 0 Å². The summed E-state index contributed by atoms with van der Waals surface area (Å²) in [6.07, 6.45) is 6.49. The lowest BCUT2D eigenvalue weighted by atomic mass is 10.2. The lowest BCUT2D eigenvalue weighted by molar-refractivity contribution is 0.104. The van der Waals surface area contributed by atoms with Crippen LogP contribution in [0.1, 0.15) is 39.0 Å². The summed E-state index contributed by atoms with van der Waals surface area (Å²) in [5.74, 6) is 0. The summed E-state index contributed by atoms with van der Waals surface area (Å²) in [5, 5.41) is 3.43. The molecule has 0 bridgehead atoms. The molecule has 1 fully saturated rings. The lowest BCUT2D eigenvalue weighted by Crippen LogP contribution is -2.23. The zero-order valence-corrected chi connectivity index (χ0v) is 9.30. The topological polar surface area (TPSA) is 47.3 Å². The molecule has 84 valence electrons. The van der Waals surface area contributed by atoms with Crippen LogP contribution >= 0.6 is 0 Å². The highest BCUT2D eigenvalue weighted by Gasteiger charge is 2.13. The maximum atomic E-state index is 5.66. The number of nitrogens with one attached hydrogen (secondary N) is 1. The molecule has 3 nitrogen and oxygen atoms in total. The molecule has 0 spiro atoms. The van der Waals surface area contributed by atoms with E-state index in [2.05, 4.69) is 12.2 Å². The van der Waals surface area contributed by atoms with Crippen LogP contribution in [0.2, 0.25) is 0 Å². The van der Waals surface area contributed by atoms with Crippen LogP contribution in [0.5, 0.6) is 0 Å². The Morgan fingerprint density at radius 1 is 1.50 bits per heavy atom. The molecule has 1 aliphatic heterocycles. The molecule has 1 heterocycles. The second-order valence-corrected chi connectivity index (χ2v) is 4.29. The van der Waals surface area contributed by atoms with Gasteiger partial charge in [0.25, 0.3) is 0 Å². The molecular weight excluding hydrogens is 176 g/mol. The van der Waals surface area contributed by atoms with Gasteiger partial charge in [0.1, 0.15) is 0 Å². The van der Waals surface area contributed by atoms with Gasteiger partial charge in [0, 0.05) is 12.6 Å². The smallest absolute Gasteiger partial charge is 0.0588 e. The van der Waals surface area contributed by atoms with Crippen molar-refractivity contribution in [1.82, 2.24) is 5.32 Å². The number of hydrogen-bond donors (Lipinski definition) is 2. The van der Waals surface area contributed by atoms with Crippen molar-refractivity contribution in [2.45, 2.75) is 51.2 Å². The van der Waals surface area contributed by atoms with Gasteiger partial charge in [-0.15, -0.1) is 0 Å². The number of hydrogen-bond acceptors (Lipinski definition) is 3. The maximum Gasteiger partial charge on any atom is 0.0588 e. The van der Waals surface area contributed by atoms with Crippen LogP contribution in [0.15, 0.2) is 0 Å². The minimum atomic E-state index is 0.343. The average molecular weight is 200 g/mol. The quantitative estimate of drug-likeness (QED) is 0.608. The number of ether oxygens (including phenoxy) is 1. The molecule has 0 aliphatic carbocycles. The fourth-order valence-corrected chi connectivity index (χ4v) is 1.81. The highest BCUT2D eigenvalue weighted by atomic mass is 16.5. The van der Waals surface area contributed by atoms with Crippen molar-refractivity contribution in [3.63, 3.8) is 0 Å². The molecule has 0 radical (unpaired) electrons. The van der Waals surface area contributed by atoms with E-state index in [-0.39, 0.29) is 0 Å². The zero-order chi connectivity index (χ0) is 10.2. The van der Waals surface area contributed by atoms with Crippen molar-refractivity contribution in [1.29, 1.82) is 0 Å². The number of rotatable bonds is 7. The molecule has 3 N–H and O–H groups in total. The van der Waals surface area contributed by atoms with Gasteiger partial charge in [-0.2, -0.15) is 0 Å². The lowest BCUT2D eigenvalue weighted by Gasteiger charge is -2.10. The fourth-order valence-electron chi connectivity index (χ4n) is 1.81. The van der Waals surface area contributed by atoms with E-state index in [1.807, 2.05) is 0 Å².